The zero-order valence-corrected chi connectivity index (χ0v) is 27.2. The molecule has 0 unspecified atom stereocenters. The Balaban J connectivity index is 1.74. The summed E-state index contributed by atoms with van der Waals surface area (Å²) < 4.78 is 29.2. The van der Waals surface area contributed by atoms with Gasteiger partial charge in [-0.3, -0.25) is 13.9 Å². The highest BCUT2D eigenvalue weighted by atomic mass is 35.5. The van der Waals surface area contributed by atoms with Crippen LogP contribution in [0.3, 0.4) is 0 Å². The number of anilines is 1. The normalized spacial score (nSPS) is 14.6. The van der Waals surface area contributed by atoms with E-state index in [0.29, 0.717) is 27.7 Å². The van der Waals surface area contributed by atoms with Gasteiger partial charge in [0, 0.05) is 28.2 Å². The molecule has 0 aromatic heterocycles. The van der Waals surface area contributed by atoms with Crippen LogP contribution in [0.15, 0.2) is 71.6 Å². The lowest BCUT2D eigenvalue weighted by Gasteiger charge is -2.35. The zero-order valence-electron chi connectivity index (χ0n) is 24.9. The molecule has 1 atom stereocenters. The minimum atomic E-state index is -4.15. The number of hydrogen-bond acceptors (Lipinski definition) is 4. The number of nitrogens with zero attached hydrogens (tertiary/aromatic N) is 2. The van der Waals surface area contributed by atoms with Gasteiger partial charge in [-0.25, -0.2) is 8.42 Å². The van der Waals surface area contributed by atoms with Crippen molar-refractivity contribution in [2.45, 2.75) is 82.8 Å². The average molecular weight is 645 g/mol. The van der Waals surface area contributed by atoms with Gasteiger partial charge in [-0.05, 0) is 75.1 Å². The van der Waals surface area contributed by atoms with Crippen LogP contribution in [0.25, 0.3) is 0 Å². The third-order valence-electron chi connectivity index (χ3n) is 7.91. The number of benzene rings is 3. The molecule has 0 aliphatic heterocycles. The highest BCUT2D eigenvalue weighted by Gasteiger charge is 2.35. The van der Waals surface area contributed by atoms with E-state index in [1.54, 1.807) is 48.5 Å². The van der Waals surface area contributed by atoms with Crippen molar-refractivity contribution >= 4 is 50.7 Å². The topological polar surface area (TPSA) is 86.8 Å². The molecule has 0 saturated heterocycles. The van der Waals surface area contributed by atoms with Gasteiger partial charge >= 0.3 is 0 Å². The molecule has 0 heterocycles. The zero-order chi connectivity index (χ0) is 31.1. The molecular weight excluding hydrogens is 605 g/mol. The monoisotopic (exact) mass is 643 g/mol. The lowest BCUT2D eigenvalue weighted by molar-refractivity contribution is -0.140. The lowest BCUT2D eigenvalue weighted by Crippen LogP contribution is -2.54. The summed E-state index contributed by atoms with van der Waals surface area (Å²) in [4.78, 5) is 29.5. The molecule has 1 fully saturated rings. The number of nitrogens with one attached hydrogen (secondary N) is 1. The number of aryl methyl sites for hydroxylation is 2. The van der Waals surface area contributed by atoms with Crippen LogP contribution < -0.4 is 9.62 Å². The molecule has 3 aromatic rings. The lowest BCUT2D eigenvalue weighted by atomic mass is 9.95. The van der Waals surface area contributed by atoms with Crippen LogP contribution in [-0.2, 0) is 26.2 Å². The van der Waals surface area contributed by atoms with E-state index in [1.807, 2.05) is 26.8 Å². The van der Waals surface area contributed by atoms with Crippen molar-refractivity contribution in [3.05, 3.63) is 93.5 Å². The molecule has 0 bridgehead atoms. The van der Waals surface area contributed by atoms with E-state index in [0.717, 1.165) is 47.5 Å². The van der Waals surface area contributed by atoms with E-state index in [4.69, 9.17) is 23.2 Å². The Hall–Kier alpha value is -3.07. The van der Waals surface area contributed by atoms with Crippen molar-refractivity contribution in [3.63, 3.8) is 0 Å². The smallest absolute Gasteiger partial charge is 0.264 e. The van der Waals surface area contributed by atoms with Crippen molar-refractivity contribution in [2.75, 3.05) is 10.8 Å². The van der Waals surface area contributed by atoms with Gasteiger partial charge in [-0.15, -0.1) is 0 Å². The Bertz CT molecular complexity index is 1520. The summed E-state index contributed by atoms with van der Waals surface area (Å²) >= 11 is 13.0. The Kier molecular flexibility index (Phi) is 11.2. The minimum absolute atomic E-state index is 0.0434. The first-order chi connectivity index (χ1) is 20.5. The highest BCUT2D eigenvalue weighted by molar-refractivity contribution is 7.92. The molecule has 1 aliphatic carbocycles. The molecule has 2 amide bonds. The molecule has 3 aromatic carbocycles. The molecule has 0 radical (unpaired) electrons. The second-order valence-corrected chi connectivity index (χ2v) is 13.8. The second kappa shape index (κ2) is 14.6. The van der Waals surface area contributed by atoms with E-state index in [1.165, 1.54) is 17.0 Å². The maximum absolute atomic E-state index is 14.3. The molecule has 1 aliphatic rings. The van der Waals surface area contributed by atoms with Crippen molar-refractivity contribution in [1.82, 2.24) is 10.2 Å². The van der Waals surface area contributed by atoms with E-state index < -0.39 is 28.5 Å². The first-order valence-electron chi connectivity index (χ1n) is 14.7. The highest BCUT2D eigenvalue weighted by Crippen LogP contribution is 2.29. The molecular formula is C33H39Cl2N3O4S. The summed E-state index contributed by atoms with van der Waals surface area (Å²) in [5.41, 5.74) is 2.60. The molecule has 230 valence electrons. The third kappa shape index (κ3) is 8.11. The fraction of sp³-hybridized carbons (Fsp3) is 0.394. The van der Waals surface area contributed by atoms with Gasteiger partial charge in [-0.2, -0.15) is 0 Å². The van der Waals surface area contributed by atoms with Crippen molar-refractivity contribution in [3.8, 4) is 0 Å². The van der Waals surface area contributed by atoms with Gasteiger partial charge in [0.05, 0.1) is 10.6 Å². The van der Waals surface area contributed by atoms with Gasteiger partial charge in [0.1, 0.15) is 12.6 Å². The average Bonchev–Trinajstić information content (AvgIpc) is 2.97. The number of amides is 2. The second-order valence-electron chi connectivity index (χ2n) is 11.2. The maximum Gasteiger partial charge on any atom is 0.264 e. The Morgan fingerprint density at radius 2 is 1.53 bits per heavy atom. The number of sulfonamides is 1. The van der Waals surface area contributed by atoms with Crippen molar-refractivity contribution in [2.24, 2.45) is 0 Å². The molecule has 1 N–H and O–H groups in total. The molecule has 1 saturated carbocycles. The molecule has 0 spiro atoms. The summed E-state index contributed by atoms with van der Waals surface area (Å²) in [5, 5.41) is 3.86. The van der Waals surface area contributed by atoms with Crippen molar-refractivity contribution in [1.29, 1.82) is 0 Å². The van der Waals surface area contributed by atoms with Crippen LogP contribution >= 0.6 is 23.2 Å². The van der Waals surface area contributed by atoms with Crippen LogP contribution in [0.5, 0.6) is 0 Å². The van der Waals surface area contributed by atoms with Crippen LogP contribution in [0, 0.1) is 13.8 Å². The van der Waals surface area contributed by atoms with Gasteiger partial charge in [-0.1, -0.05) is 85.3 Å². The van der Waals surface area contributed by atoms with Gasteiger partial charge < -0.3 is 10.2 Å². The van der Waals surface area contributed by atoms with Crippen LogP contribution in [0.4, 0.5) is 5.69 Å². The van der Waals surface area contributed by atoms with Crippen LogP contribution in [0.2, 0.25) is 10.0 Å². The van der Waals surface area contributed by atoms with Gasteiger partial charge in [0.15, 0.2) is 0 Å². The van der Waals surface area contributed by atoms with E-state index in [-0.39, 0.29) is 23.4 Å². The third-order valence-corrected chi connectivity index (χ3v) is 10.4. The number of carbonyl (C=O) groups is 2. The maximum atomic E-state index is 14.3. The number of rotatable bonds is 11. The van der Waals surface area contributed by atoms with Crippen LogP contribution in [0.1, 0.15) is 62.1 Å². The van der Waals surface area contributed by atoms with E-state index in [2.05, 4.69) is 5.32 Å². The Labute approximate surface area is 265 Å². The first-order valence-corrected chi connectivity index (χ1v) is 16.9. The molecule has 7 nitrogen and oxygen atoms in total. The van der Waals surface area contributed by atoms with Crippen molar-refractivity contribution < 1.29 is 18.0 Å². The summed E-state index contributed by atoms with van der Waals surface area (Å²) in [7, 11) is -4.15. The number of halogens is 2. The standard InChI is InChI=1S/C33H39Cl2N3O4S/c1-4-31(33(40)36-25-11-6-5-7-12-25)37(21-28-29(34)14-9-15-30(28)35)32(39)22-38(26-13-8-10-24(3)20-26)43(41,42)27-18-16-23(2)17-19-27/h8-10,13-20,25,31H,4-7,11-12,21-22H2,1-3H3,(H,36,40)/t31-/m0/s1. The van der Waals surface area contributed by atoms with E-state index in [9.17, 15) is 18.0 Å². The van der Waals surface area contributed by atoms with Crippen LogP contribution in [-0.4, -0.2) is 43.8 Å². The SMILES string of the molecule is CC[C@@H](C(=O)NC1CCCCC1)N(Cc1c(Cl)cccc1Cl)C(=O)CN(c1cccc(C)c1)S(=O)(=O)c1ccc(C)cc1. The van der Waals surface area contributed by atoms with Gasteiger partial charge in [0.2, 0.25) is 11.8 Å². The summed E-state index contributed by atoms with van der Waals surface area (Å²) in [5.74, 6) is -0.812. The predicted molar refractivity (Wildman–Crippen MR) is 173 cm³/mol. The minimum Gasteiger partial charge on any atom is -0.352 e. The summed E-state index contributed by atoms with van der Waals surface area (Å²) in [6, 6.07) is 17.7. The summed E-state index contributed by atoms with van der Waals surface area (Å²) in [6.45, 7) is 4.99. The predicted octanol–water partition coefficient (Wildman–Crippen LogP) is 7.06. The Morgan fingerprint density at radius 1 is 0.907 bits per heavy atom. The number of hydrogen-bond donors (Lipinski definition) is 1. The Morgan fingerprint density at radius 3 is 2.14 bits per heavy atom. The molecule has 10 heteroatoms. The van der Waals surface area contributed by atoms with E-state index >= 15 is 0 Å². The number of carbonyl (C=O) groups excluding carboxylic acids is 2. The summed E-state index contributed by atoms with van der Waals surface area (Å²) in [6.07, 6.45) is 5.33. The quantitative estimate of drug-likeness (QED) is 0.242. The molecule has 4 rings (SSSR count). The fourth-order valence-corrected chi connectivity index (χ4v) is 7.39. The largest absolute Gasteiger partial charge is 0.352 e. The van der Waals surface area contributed by atoms with Gasteiger partial charge in [0.25, 0.3) is 10.0 Å². The fourth-order valence-electron chi connectivity index (χ4n) is 5.47. The first kappa shape index (κ1) is 32.8. The molecule has 43 heavy (non-hydrogen) atoms.